The van der Waals surface area contributed by atoms with Gasteiger partial charge in [0.1, 0.15) is 11.5 Å². The van der Waals surface area contributed by atoms with E-state index >= 15 is 0 Å². The van der Waals surface area contributed by atoms with E-state index < -0.39 is 0 Å². The van der Waals surface area contributed by atoms with Crippen molar-refractivity contribution in [3.63, 3.8) is 0 Å². The van der Waals surface area contributed by atoms with Gasteiger partial charge in [0.05, 0.1) is 0 Å². The quantitative estimate of drug-likeness (QED) is 0.859. The van der Waals surface area contributed by atoms with E-state index in [1.54, 1.807) is 0 Å². The third-order valence-corrected chi connectivity index (χ3v) is 3.54. The molecule has 0 aliphatic heterocycles. The standard InChI is InChI=1S/C14H16N2O/c1-9-2-4-10(5-3-9)14-13-11(8-15)6-7-12(13)17-16-14/h2-5,11H,6-8,15H2,1H3. The number of hydrogen-bond acceptors (Lipinski definition) is 3. The zero-order chi connectivity index (χ0) is 11.8. The largest absolute Gasteiger partial charge is 0.360 e. The van der Waals surface area contributed by atoms with Gasteiger partial charge >= 0.3 is 0 Å². The lowest BCUT2D eigenvalue weighted by atomic mass is 9.98. The molecule has 0 amide bonds. The Balaban J connectivity index is 2.07. The summed E-state index contributed by atoms with van der Waals surface area (Å²) in [6.45, 7) is 2.76. The fraction of sp³-hybridized carbons (Fsp3) is 0.357. The van der Waals surface area contributed by atoms with Gasteiger partial charge in [0.25, 0.3) is 0 Å². The maximum absolute atomic E-state index is 5.81. The summed E-state index contributed by atoms with van der Waals surface area (Å²) in [5.41, 5.74) is 10.4. The zero-order valence-corrected chi connectivity index (χ0v) is 9.94. The second-order valence-corrected chi connectivity index (χ2v) is 4.71. The molecule has 0 saturated heterocycles. The molecule has 1 aliphatic rings. The van der Waals surface area contributed by atoms with Crippen molar-refractivity contribution >= 4 is 0 Å². The molecule has 1 unspecified atom stereocenters. The second-order valence-electron chi connectivity index (χ2n) is 4.71. The molecule has 3 nitrogen and oxygen atoms in total. The Labute approximate surface area is 101 Å². The minimum Gasteiger partial charge on any atom is -0.360 e. The molecule has 17 heavy (non-hydrogen) atoms. The van der Waals surface area contributed by atoms with Crippen molar-refractivity contribution < 1.29 is 4.52 Å². The number of benzene rings is 1. The predicted octanol–water partition coefficient (Wildman–Crippen LogP) is 2.64. The topological polar surface area (TPSA) is 52.0 Å². The molecule has 3 heteroatoms. The predicted molar refractivity (Wildman–Crippen MR) is 66.8 cm³/mol. The van der Waals surface area contributed by atoms with Gasteiger partial charge in [0.2, 0.25) is 0 Å². The summed E-state index contributed by atoms with van der Waals surface area (Å²) in [5.74, 6) is 1.43. The molecule has 1 aliphatic carbocycles. The van der Waals surface area contributed by atoms with Gasteiger partial charge in [0.15, 0.2) is 0 Å². The van der Waals surface area contributed by atoms with Crippen LogP contribution in [0.2, 0.25) is 0 Å². The fourth-order valence-electron chi connectivity index (χ4n) is 2.54. The summed E-state index contributed by atoms with van der Waals surface area (Å²) in [4.78, 5) is 0. The van der Waals surface area contributed by atoms with Crippen LogP contribution in [0.3, 0.4) is 0 Å². The van der Waals surface area contributed by atoms with Crippen LogP contribution in [0.5, 0.6) is 0 Å². The summed E-state index contributed by atoms with van der Waals surface area (Å²) in [6, 6.07) is 8.39. The van der Waals surface area contributed by atoms with E-state index in [9.17, 15) is 0 Å². The number of rotatable bonds is 2. The van der Waals surface area contributed by atoms with E-state index in [0.29, 0.717) is 12.5 Å². The van der Waals surface area contributed by atoms with Crippen molar-refractivity contribution in [2.45, 2.75) is 25.7 Å². The lowest BCUT2D eigenvalue weighted by molar-refractivity contribution is 0.388. The molecule has 0 saturated carbocycles. The lowest BCUT2D eigenvalue weighted by Crippen LogP contribution is -2.09. The van der Waals surface area contributed by atoms with Gasteiger partial charge < -0.3 is 10.3 Å². The maximum Gasteiger partial charge on any atom is 0.140 e. The van der Waals surface area contributed by atoms with Crippen molar-refractivity contribution in [1.82, 2.24) is 5.16 Å². The molecule has 0 spiro atoms. The SMILES string of the molecule is Cc1ccc(-c2noc3c2C(CN)CC3)cc1. The van der Waals surface area contributed by atoms with Crippen LogP contribution in [0.25, 0.3) is 11.3 Å². The smallest absolute Gasteiger partial charge is 0.140 e. The van der Waals surface area contributed by atoms with Gasteiger partial charge in [-0.05, 0) is 19.9 Å². The van der Waals surface area contributed by atoms with Crippen LogP contribution >= 0.6 is 0 Å². The van der Waals surface area contributed by atoms with Crippen LogP contribution in [0, 0.1) is 6.92 Å². The fourth-order valence-corrected chi connectivity index (χ4v) is 2.54. The van der Waals surface area contributed by atoms with Gasteiger partial charge in [-0.2, -0.15) is 0 Å². The van der Waals surface area contributed by atoms with E-state index in [-0.39, 0.29) is 0 Å². The minimum absolute atomic E-state index is 0.410. The highest BCUT2D eigenvalue weighted by Crippen LogP contribution is 2.39. The first-order valence-electron chi connectivity index (χ1n) is 6.05. The summed E-state index contributed by atoms with van der Waals surface area (Å²) >= 11 is 0. The van der Waals surface area contributed by atoms with Crippen LogP contribution in [0.4, 0.5) is 0 Å². The molecule has 0 fully saturated rings. The van der Waals surface area contributed by atoms with Crippen LogP contribution < -0.4 is 5.73 Å². The third kappa shape index (κ3) is 1.67. The average molecular weight is 228 g/mol. The molecule has 1 aromatic heterocycles. The first kappa shape index (κ1) is 10.5. The van der Waals surface area contributed by atoms with Crippen LogP contribution in [0.1, 0.15) is 29.2 Å². The van der Waals surface area contributed by atoms with Gasteiger partial charge in [-0.3, -0.25) is 0 Å². The Morgan fingerprint density at radius 2 is 2.12 bits per heavy atom. The van der Waals surface area contributed by atoms with E-state index in [4.69, 9.17) is 10.3 Å². The van der Waals surface area contributed by atoms with Gasteiger partial charge in [-0.15, -0.1) is 0 Å². The van der Waals surface area contributed by atoms with Crippen molar-refractivity contribution in [2.24, 2.45) is 5.73 Å². The number of aryl methyl sites for hydroxylation is 2. The molecule has 2 N–H and O–H groups in total. The number of nitrogens with zero attached hydrogens (tertiary/aromatic N) is 1. The maximum atomic E-state index is 5.81. The lowest BCUT2D eigenvalue weighted by Gasteiger charge is -2.07. The Hall–Kier alpha value is -1.61. The molecule has 0 bridgehead atoms. The Kier molecular flexibility index (Phi) is 2.48. The molecule has 0 radical (unpaired) electrons. The summed E-state index contributed by atoms with van der Waals surface area (Å²) in [6.07, 6.45) is 2.06. The highest BCUT2D eigenvalue weighted by molar-refractivity contribution is 5.65. The number of nitrogens with two attached hydrogens (primary N) is 1. The third-order valence-electron chi connectivity index (χ3n) is 3.54. The molecule has 2 aromatic rings. The van der Waals surface area contributed by atoms with Crippen molar-refractivity contribution in [1.29, 1.82) is 0 Å². The van der Waals surface area contributed by atoms with Gasteiger partial charge in [-0.25, -0.2) is 0 Å². The zero-order valence-electron chi connectivity index (χ0n) is 9.94. The van der Waals surface area contributed by atoms with Crippen LogP contribution in [0.15, 0.2) is 28.8 Å². The van der Waals surface area contributed by atoms with Crippen molar-refractivity contribution in [3.05, 3.63) is 41.2 Å². The molecule has 88 valence electrons. The number of hydrogen-bond donors (Lipinski definition) is 1. The molecule has 3 rings (SSSR count). The minimum atomic E-state index is 0.410. The Bertz CT molecular complexity index is 528. The van der Waals surface area contributed by atoms with E-state index in [1.807, 2.05) is 0 Å². The first-order chi connectivity index (χ1) is 8.29. The average Bonchev–Trinajstić information content (AvgIpc) is 2.91. The number of fused-ring (bicyclic) bond motifs is 1. The van der Waals surface area contributed by atoms with Crippen molar-refractivity contribution in [3.8, 4) is 11.3 Å². The monoisotopic (exact) mass is 228 g/mol. The molecule has 1 aromatic carbocycles. The Morgan fingerprint density at radius 3 is 2.82 bits per heavy atom. The van der Waals surface area contributed by atoms with Crippen LogP contribution in [-0.2, 0) is 6.42 Å². The molecular formula is C14H16N2O. The Morgan fingerprint density at radius 1 is 1.35 bits per heavy atom. The molecular weight excluding hydrogens is 212 g/mol. The first-order valence-corrected chi connectivity index (χ1v) is 6.05. The summed E-state index contributed by atoms with van der Waals surface area (Å²) in [5, 5.41) is 4.21. The van der Waals surface area contributed by atoms with Crippen LogP contribution in [-0.4, -0.2) is 11.7 Å². The van der Waals surface area contributed by atoms with E-state index in [2.05, 4.69) is 36.3 Å². The van der Waals surface area contributed by atoms with E-state index in [0.717, 1.165) is 29.9 Å². The second kappa shape index (κ2) is 4.00. The summed E-state index contributed by atoms with van der Waals surface area (Å²) in [7, 11) is 0. The molecule has 1 heterocycles. The highest BCUT2D eigenvalue weighted by Gasteiger charge is 2.29. The van der Waals surface area contributed by atoms with Crippen molar-refractivity contribution in [2.75, 3.05) is 6.54 Å². The molecule has 1 atom stereocenters. The highest BCUT2D eigenvalue weighted by atomic mass is 16.5. The summed E-state index contributed by atoms with van der Waals surface area (Å²) < 4.78 is 5.42. The van der Waals surface area contributed by atoms with E-state index in [1.165, 1.54) is 11.1 Å². The number of aromatic nitrogens is 1. The van der Waals surface area contributed by atoms with Gasteiger partial charge in [0, 0.05) is 23.5 Å². The normalized spacial score (nSPS) is 18.4. The van der Waals surface area contributed by atoms with Gasteiger partial charge in [-0.1, -0.05) is 35.0 Å².